The zero-order valence-corrected chi connectivity index (χ0v) is 22.7. The van der Waals surface area contributed by atoms with Crippen molar-refractivity contribution in [1.29, 1.82) is 0 Å². The first kappa shape index (κ1) is 27.4. The van der Waals surface area contributed by atoms with Crippen LogP contribution in [0.15, 0.2) is 89.3 Å². The van der Waals surface area contributed by atoms with Crippen molar-refractivity contribution in [2.45, 2.75) is 26.6 Å². The highest BCUT2D eigenvalue weighted by molar-refractivity contribution is 8.14. The summed E-state index contributed by atoms with van der Waals surface area (Å²) in [5.74, 6) is 1.71. The zero-order chi connectivity index (χ0) is 28.1. The van der Waals surface area contributed by atoms with Crippen LogP contribution in [0.4, 0.5) is 18.9 Å². The van der Waals surface area contributed by atoms with Crippen molar-refractivity contribution in [2.24, 2.45) is 16.1 Å². The molecule has 1 aliphatic rings. The third kappa shape index (κ3) is 6.90. The molecule has 1 saturated heterocycles. The van der Waals surface area contributed by atoms with E-state index in [9.17, 15) is 13.2 Å². The smallest absolute Gasteiger partial charge is 0.406 e. The number of para-hydroxylation sites is 1. The number of rotatable bonds is 8. The van der Waals surface area contributed by atoms with Gasteiger partial charge in [-0.3, -0.25) is 0 Å². The molecule has 40 heavy (non-hydrogen) atoms. The van der Waals surface area contributed by atoms with E-state index in [1.165, 1.54) is 46.5 Å². The Morgan fingerprint density at radius 2 is 1.77 bits per heavy atom. The molecule has 5 rings (SSSR count). The molecule has 0 bridgehead atoms. The van der Waals surface area contributed by atoms with Gasteiger partial charge in [0.05, 0.1) is 11.9 Å². The summed E-state index contributed by atoms with van der Waals surface area (Å²) in [7, 11) is 0. The van der Waals surface area contributed by atoms with Crippen LogP contribution in [0.1, 0.15) is 25.0 Å². The van der Waals surface area contributed by atoms with Crippen LogP contribution in [0.5, 0.6) is 5.75 Å². The van der Waals surface area contributed by atoms with Crippen LogP contribution in [0, 0.1) is 5.92 Å². The number of amidine groups is 1. The molecule has 11 heteroatoms. The van der Waals surface area contributed by atoms with Crippen LogP contribution >= 0.6 is 11.8 Å². The lowest BCUT2D eigenvalue weighted by atomic mass is 10.0. The van der Waals surface area contributed by atoms with E-state index in [-0.39, 0.29) is 5.75 Å². The second-order valence-electron chi connectivity index (χ2n) is 9.53. The Balaban J connectivity index is 1.25. The number of thioether (sulfide) groups is 1. The highest BCUT2D eigenvalue weighted by Gasteiger charge is 2.31. The van der Waals surface area contributed by atoms with Gasteiger partial charge < -0.3 is 9.64 Å². The van der Waals surface area contributed by atoms with Crippen LogP contribution in [-0.4, -0.2) is 44.8 Å². The average Bonchev–Trinajstić information content (AvgIpc) is 3.59. The Morgan fingerprint density at radius 3 is 2.50 bits per heavy atom. The second kappa shape index (κ2) is 12.0. The Labute approximate surface area is 234 Å². The fraction of sp³-hybridized carbons (Fsp3) is 0.241. The molecule has 0 saturated carbocycles. The number of hydrogen-bond donors (Lipinski definition) is 0. The maximum atomic E-state index is 12.4. The van der Waals surface area contributed by atoms with Gasteiger partial charge in [0.1, 0.15) is 12.1 Å². The van der Waals surface area contributed by atoms with E-state index in [4.69, 9.17) is 0 Å². The molecule has 1 aliphatic heterocycles. The fourth-order valence-corrected chi connectivity index (χ4v) is 5.18. The molecule has 0 N–H and O–H groups in total. The predicted octanol–water partition coefficient (Wildman–Crippen LogP) is 6.97. The van der Waals surface area contributed by atoms with E-state index in [2.05, 4.69) is 68.0 Å². The Bertz CT molecular complexity index is 1500. The Kier molecular flexibility index (Phi) is 8.20. The van der Waals surface area contributed by atoms with Crippen molar-refractivity contribution in [2.75, 3.05) is 17.2 Å². The molecule has 4 aromatic rings. The third-order valence-corrected chi connectivity index (χ3v) is 6.98. The molecule has 1 aromatic heterocycles. The summed E-state index contributed by atoms with van der Waals surface area (Å²) in [5.41, 5.74) is 4.73. The number of benzene rings is 3. The van der Waals surface area contributed by atoms with Crippen LogP contribution in [0.25, 0.3) is 17.1 Å². The molecular weight excluding hydrogens is 537 g/mol. The van der Waals surface area contributed by atoms with Crippen molar-refractivity contribution < 1.29 is 17.9 Å². The first-order chi connectivity index (χ1) is 19.2. The van der Waals surface area contributed by atoms with E-state index in [1.807, 2.05) is 24.3 Å². The number of halogens is 3. The number of aromatic nitrogens is 3. The monoisotopic (exact) mass is 564 g/mol. The molecule has 0 spiro atoms. The summed E-state index contributed by atoms with van der Waals surface area (Å²) in [6.07, 6.45) is -0.507. The molecule has 7 nitrogen and oxygen atoms in total. The molecule has 206 valence electrons. The summed E-state index contributed by atoms with van der Waals surface area (Å²) >= 11 is 1.70. The Morgan fingerprint density at radius 1 is 1.02 bits per heavy atom. The molecule has 0 amide bonds. The predicted molar refractivity (Wildman–Crippen MR) is 153 cm³/mol. The third-order valence-electron chi connectivity index (χ3n) is 6.03. The lowest BCUT2D eigenvalue weighted by molar-refractivity contribution is -0.274. The maximum Gasteiger partial charge on any atom is 0.573 e. The fourth-order valence-electron chi connectivity index (χ4n) is 4.28. The van der Waals surface area contributed by atoms with Gasteiger partial charge in [0.2, 0.25) is 0 Å². The van der Waals surface area contributed by atoms with Crippen molar-refractivity contribution in [3.8, 4) is 22.8 Å². The molecule has 0 atom stereocenters. The van der Waals surface area contributed by atoms with Gasteiger partial charge in [-0.15, -0.1) is 23.4 Å². The SMILES string of the molecule is CC(C)Cc1ccccc1N1CCS/C1=N\N=C\c1ccc(-c2ncn(-c3ccc(OC(F)(F)F)cc3)n2)cc1. The maximum absolute atomic E-state index is 12.4. The second-order valence-corrected chi connectivity index (χ2v) is 10.6. The van der Waals surface area contributed by atoms with Crippen LogP contribution < -0.4 is 9.64 Å². The van der Waals surface area contributed by atoms with Gasteiger partial charge in [0, 0.05) is 23.5 Å². The topological polar surface area (TPSA) is 67.9 Å². The number of anilines is 1. The van der Waals surface area contributed by atoms with E-state index >= 15 is 0 Å². The van der Waals surface area contributed by atoms with E-state index in [0.717, 1.165) is 35.0 Å². The van der Waals surface area contributed by atoms with Gasteiger partial charge in [0.15, 0.2) is 11.0 Å². The average molecular weight is 565 g/mol. The molecule has 1 fully saturated rings. The van der Waals surface area contributed by atoms with Crippen LogP contribution in [-0.2, 0) is 6.42 Å². The van der Waals surface area contributed by atoms with E-state index in [1.54, 1.807) is 18.0 Å². The molecular formula is C29H27F3N6OS. The summed E-state index contributed by atoms with van der Waals surface area (Å²) in [4.78, 5) is 6.57. The number of alkyl halides is 3. The molecule has 0 radical (unpaired) electrons. The van der Waals surface area contributed by atoms with Gasteiger partial charge in [-0.1, -0.05) is 68.1 Å². The van der Waals surface area contributed by atoms with Gasteiger partial charge in [-0.2, -0.15) is 5.10 Å². The minimum absolute atomic E-state index is 0.297. The van der Waals surface area contributed by atoms with Crippen molar-refractivity contribution in [3.05, 3.63) is 90.3 Å². The summed E-state index contributed by atoms with van der Waals surface area (Å²) in [6, 6.07) is 21.5. The summed E-state index contributed by atoms with van der Waals surface area (Å²) in [5, 5.41) is 14.2. The zero-order valence-electron chi connectivity index (χ0n) is 21.9. The van der Waals surface area contributed by atoms with E-state index < -0.39 is 6.36 Å². The molecule has 0 unspecified atom stereocenters. The van der Waals surface area contributed by atoms with Gasteiger partial charge in [-0.05, 0) is 53.8 Å². The largest absolute Gasteiger partial charge is 0.573 e. The first-order valence-corrected chi connectivity index (χ1v) is 13.7. The summed E-state index contributed by atoms with van der Waals surface area (Å²) in [6.45, 7) is 5.34. The number of hydrogen-bond acceptors (Lipinski definition) is 6. The minimum atomic E-state index is -4.74. The van der Waals surface area contributed by atoms with Crippen LogP contribution in [0.2, 0.25) is 0 Å². The van der Waals surface area contributed by atoms with Gasteiger partial charge in [0.25, 0.3) is 0 Å². The molecule has 3 aromatic carbocycles. The lowest BCUT2D eigenvalue weighted by Crippen LogP contribution is -2.25. The molecule has 0 aliphatic carbocycles. The first-order valence-electron chi connectivity index (χ1n) is 12.7. The number of nitrogens with zero attached hydrogens (tertiary/aromatic N) is 6. The van der Waals surface area contributed by atoms with E-state index in [0.29, 0.717) is 17.4 Å². The van der Waals surface area contributed by atoms with Crippen molar-refractivity contribution in [1.82, 2.24) is 14.8 Å². The van der Waals surface area contributed by atoms with Gasteiger partial charge in [-0.25, -0.2) is 9.67 Å². The minimum Gasteiger partial charge on any atom is -0.406 e. The van der Waals surface area contributed by atoms with Crippen molar-refractivity contribution in [3.63, 3.8) is 0 Å². The normalized spacial score (nSPS) is 15.1. The highest BCUT2D eigenvalue weighted by atomic mass is 32.2. The number of ether oxygens (including phenoxy) is 1. The quantitative estimate of drug-likeness (QED) is 0.171. The van der Waals surface area contributed by atoms with Crippen LogP contribution in [0.3, 0.4) is 0 Å². The summed E-state index contributed by atoms with van der Waals surface area (Å²) < 4.78 is 42.6. The lowest BCUT2D eigenvalue weighted by Gasteiger charge is -2.21. The standard InChI is InChI=1S/C29H27F3N6OS/c1-20(2)17-23-5-3-4-6-26(23)37-15-16-40-28(37)35-34-18-21-7-9-22(10-8-21)27-33-19-38(36-27)24-11-13-25(14-12-24)39-29(30,31)32/h3-14,18-20H,15-17H2,1-2H3/b34-18+,35-28-. The molecule has 2 heterocycles. The van der Waals surface area contributed by atoms with Crippen molar-refractivity contribution >= 4 is 28.8 Å². The Hall–Kier alpha value is -4.12. The highest BCUT2D eigenvalue weighted by Crippen LogP contribution is 2.30. The van der Waals surface area contributed by atoms with Gasteiger partial charge >= 0.3 is 6.36 Å².